The summed E-state index contributed by atoms with van der Waals surface area (Å²) in [7, 11) is -7.55. The molecule has 3 aliphatic carbocycles. The molecule has 0 spiro atoms. The number of nitrogens with one attached hydrogen (secondary N) is 8. The van der Waals surface area contributed by atoms with Gasteiger partial charge in [-0.05, 0) is 123 Å². The number of hydrogen-bond acceptors (Lipinski definition) is 25. The molecule has 3 aliphatic rings. The molecule has 0 atom stereocenters. The number of anilines is 3. The molecule has 10 aromatic heterocycles. The fourth-order valence-electron chi connectivity index (χ4n) is 12.7. The number of oxazole rings is 3. The molecule has 0 bridgehead atoms. The Balaban J connectivity index is 0.000000139. The first kappa shape index (κ1) is 70.1. The zero-order chi connectivity index (χ0) is 73.0. The number of pyridine rings is 4. The molecule has 30 nitrogen and oxygen atoms in total. The van der Waals surface area contributed by atoms with E-state index in [1.54, 1.807) is 61.4 Å². The number of nitrogens with zero attached hydrogens (tertiary/aromatic N) is 10. The summed E-state index contributed by atoms with van der Waals surface area (Å²) in [5, 5.41) is 45.1. The minimum atomic E-state index is -3.59. The molecule has 0 saturated heterocycles. The van der Waals surface area contributed by atoms with Gasteiger partial charge in [0, 0.05) is 98.7 Å². The summed E-state index contributed by atoms with van der Waals surface area (Å²) < 4.78 is 93.8. The third kappa shape index (κ3) is 15.0. The Labute approximate surface area is 594 Å². The highest BCUT2D eigenvalue weighted by molar-refractivity contribution is 7.92. The van der Waals surface area contributed by atoms with E-state index in [9.17, 15) is 39.6 Å². The third-order valence-electron chi connectivity index (χ3n) is 18.2. The summed E-state index contributed by atoms with van der Waals surface area (Å²) in [6, 6.07) is 26.7. The quantitative estimate of drug-likeness (QED) is 0.0310. The second-order valence-corrected chi connectivity index (χ2v) is 31.4. The van der Waals surface area contributed by atoms with Crippen LogP contribution in [0.15, 0.2) is 169 Å². The molecule has 528 valence electrons. The van der Waals surface area contributed by atoms with Crippen LogP contribution in [-0.4, -0.2) is 142 Å². The number of aromatic nitrogens is 10. The van der Waals surface area contributed by atoms with E-state index in [-0.39, 0.29) is 126 Å². The lowest BCUT2D eigenvalue weighted by molar-refractivity contribution is 0.0929. The average Bonchev–Trinajstić information content (AvgIpc) is 1.52. The van der Waals surface area contributed by atoms with Crippen LogP contribution in [0.3, 0.4) is 0 Å². The van der Waals surface area contributed by atoms with Gasteiger partial charge in [-0.1, -0.05) is 12.1 Å². The number of fused-ring (bicyclic) bond motifs is 3. The SMILES string of the molecule is CC(=O)c1cnc(-c2cnc3[nH]ccc3c2NC2CC(CS(=O)(=O)c3cc(C#N)ccn3)C2)o1.CNC(=O)c1cnc(-c2cnc3[nH]ccc3c2NC2CC(CS(=O)(=O)c3cccc(C#N)c3)C2)o1.CNC(=O)c1cnc(-c2cnc3[nH]ccc3c2NC2CC(CS(=O)(=O)c3cccc(C#N)c3)C2)o1. The minimum absolute atomic E-state index is 0.00293. The maximum atomic E-state index is 12.8. The summed E-state index contributed by atoms with van der Waals surface area (Å²) in [4.78, 5) is 74.9. The maximum absolute atomic E-state index is 12.8. The predicted molar refractivity (Wildman–Crippen MR) is 379 cm³/mol. The maximum Gasteiger partial charge on any atom is 0.288 e. The van der Waals surface area contributed by atoms with E-state index in [2.05, 4.69) is 76.4 Å². The van der Waals surface area contributed by atoms with E-state index < -0.39 is 29.5 Å². The molecule has 15 rings (SSSR count). The van der Waals surface area contributed by atoms with E-state index in [1.807, 2.05) is 36.4 Å². The van der Waals surface area contributed by atoms with Gasteiger partial charge in [0.15, 0.2) is 46.1 Å². The van der Waals surface area contributed by atoms with E-state index >= 15 is 0 Å². The van der Waals surface area contributed by atoms with Crippen molar-refractivity contribution in [2.45, 2.75) is 78.4 Å². The number of amides is 2. The average molecular weight is 1460 g/mol. The van der Waals surface area contributed by atoms with Crippen LogP contribution in [0.4, 0.5) is 17.1 Å². The molecule has 0 radical (unpaired) electrons. The fourth-order valence-corrected chi connectivity index (χ4v) is 17.7. The Hall–Kier alpha value is -12.4. The number of benzene rings is 2. The first-order valence-electron chi connectivity index (χ1n) is 32.7. The van der Waals surface area contributed by atoms with Gasteiger partial charge in [0.05, 0.1) is 114 Å². The number of carbonyl (C=O) groups excluding carboxylic acids is 3. The Morgan fingerprint density at radius 1 is 0.462 bits per heavy atom. The molecular formula is C71H64N18O12S3. The van der Waals surface area contributed by atoms with Crippen molar-refractivity contribution in [2.75, 3.05) is 47.3 Å². The van der Waals surface area contributed by atoms with Crippen LogP contribution in [0.1, 0.15) is 93.8 Å². The van der Waals surface area contributed by atoms with Gasteiger partial charge < -0.3 is 54.8 Å². The first-order chi connectivity index (χ1) is 50.1. The van der Waals surface area contributed by atoms with Crippen LogP contribution < -0.4 is 26.6 Å². The Morgan fingerprint density at radius 3 is 1.17 bits per heavy atom. The monoisotopic (exact) mass is 1460 g/mol. The van der Waals surface area contributed by atoms with Crippen molar-refractivity contribution in [1.82, 2.24) is 60.5 Å². The van der Waals surface area contributed by atoms with Crippen molar-refractivity contribution < 1.29 is 52.9 Å². The molecule has 33 heteroatoms. The molecule has 10 heterocycles. The van der Waals surface area contributed by atoms with Crippen LogP contribution >= 0.6 is 0 Å². The standard InChI is InChI=1S/2C24H22N6O4S.C23H20N6O4S/c2*1-26-23(31)20-12-29-24(34-20)19-11-28-22-18(5-6-27-22)21(19)30-16-7-15(8-16)13-35(32,33)17-4-2-3-14(9-17)10-25;1-13(30)19-11-28-23(33-19)18-10-27-22-17(3-5-26-22)21(18)29-16-6-15(7-16)12-34(31,32)20-8-14(9-24)2-4-25-20/h2*2-6,9,11-12,15-16H,7-8,13H2,1H3,(H,26,31)(H2,27,28,30);2-5,8,10-11,15-16H,6-7,12H2,1H3,(H2,26,27,29). The number of H-pyrrole nitrogens is 3. The molecule has 2 amide bonds. The van der Waals surface area contributed by atoms with Crippen molar-refractivity contribution in [3.05, 3.63) is 175 Å². The number of hydrogen-bond donors (Lipinski definition) is 8. The van der Waals surface area contributed by atoms with Crippen molar-refractivity contribution in [3.63, 3.8) is 0 Å². The molecule has 2 aromatic carbocycles. The van der Waals surface area contributed by atoms with Gasteiger partial charge in [0.25, 0.3) is 11.8 Å². The molecule has 0 aliphatic heterocycles. The minimum Gasteiger partial charge on any atom is -0.433 e. The number of Topliss-reactive ketones (excluding diaryl/α,β-unsaturated/α-hetero) is 1. The van der Waals surface area contributed by atoms with Crippen molar-refractivity contribution in [2.24, 2.45) is 17.8 Å². The summed E-state index contributed by atoms with van der Waals surface area (Å²) in [6.45, 7) is 1.41. The number of nitriles is 3. The molecule has 104 heavy (non-hydrogen) atoms. The van der Waals surface area contributed by atoms with E-state index in [1.165, 1.54) is 82.2 Å². The van der Waals surface area contributed by atoms with Gasteiger partial charge in [-0.15, -0.1) is 0 Å². The van der Waals surface area contributed by atoms with Gasteiger partial charge in [-0.2, -0.15) is 15.8 Å². The number of carbonyl (C=O) groups is 3. The number of ketones is 1. The number of aromatic amines is 3. The summed E-state index contributed by atoms with van der Waals surface area (Å²) in [6.07, 6.45) is 19.7. The lowest BCUT2D eigenvalue weighted by Gasteiger charge is -2.36. The van der Waals surface area contributed by atoms with E-state index in [0.29, 0.717) is 83.3 Å². The lowest BCUT2D eigenvalue weighted by Crippen LogP contribution is -2.39. The highest BCUT2D eigenvalue weighted by atomic mass is 32.2. The zero-order valence-corrected chi connectivity index (χ0v) is 58.2. The summed E-state index contributed by atoms with van der Waals surface area (Å²) in [5.41, 5.74) is 7.09. The third-order valence-corrected chi connectivity index (χ3v) is 23.7. The van der Waals surface area contributed by atoms with Crippen molar-refractivity contribution >= 4 is 97.3 Å². The fraction of sp³-hybridized carbons (Fsp3) is 0.254. The van der Waals surface area contributed by atoms with Gasteiger partial charge >= 0.3 is 0 Å². The Morgan fingerprint density at radius 2 is 0.817 bits per heavy atom. The molecule has 3 saturated carbocycles. The topological polar surface area (TPSA) is 462 Å². The van der Waals surface area contributed by atoms with Crippen LogP contribution in [0.2, 0.25) is 0 Å². The summed E-state index contributed by atoms with van der Waals surface area (Å²) in [5.74, 6) is 0.165. The van der Waals surface area contributed by atoms with Gasteiger partial charge in [-0.3, -0.25) is 14.4 Å². The zero-order valence-electron chi connectivity index (χ0n) is 55.7. The number of sulfone groups is 3. The molecular weight excluding hydrogens is 1390 g/mol. The van der Waals surface area contributed by atoms with Crippen LogP contribution in [0, 0.1) is 51.7 Å². The largest absolute Gasteiger partial charge is 0.433 e. The first-order valence-corrected chi connectivity index (χ1v) is 37.6. The molecule has 0 unspecified atom stereocenters. The molecule has 3 fully saturated rings. The second kappa shape index (κ2) is 29.3. The predicted octanol–water partition coefficient (Wildman–Crippen LogP) is 9.58. The highest BCUT2D eigenvalue weighted by Gasteiger charge is 2.38. The summed E-state index contributed by atoms with van der Waals surface area (Å²) >= 11 is 0. The molecule has 8 N–H and O–H groups in total. The smallest absolute Gasteiger partial charge is 0.288 e. The normalized spacial score (nSPS) is 17.6. The Bertz CT molecular complexity index is 5550. The van der Waals surface area contributed by atoms with Gasteiger partial charge in [0.2, 0.25) is 29.2 Å². The van der Waals surface area contributed by atoms with Crippen LogP contribution in [0.25, 0.3) is 67.5 Å². The van der Waals surface area contributed by atoms with E-state index in [4.69, 9.17) is 29.0 Å². The van der Waals surface area contributed by atoms with Crippen LogP contribution in [0.5, 0.6) is 0 Å². The van der Waals surface area contributed by atoms with E-state index in [0.717, 1.165) is 33.2 Å². The van der Waals surface area contributed by atoms with Gasteiger partial charge in [-0.25, -0.2) is 60.1 Å². The lowest BCUT2D eigenvalue weighted by atomic mass is 9.81. The molecule has 12 aromatic rings. The van der Waals surface area contributed by atoms with Gasteiger partial charge in [0.1, 0.15) is 16.9 Å². The Kier molecular flexibility index (Phi) is 19.7. The van der Waals surface area contributed by atoms with Crippen LogP contribution in [-0.2, 0) is 29.5 Å². The number of rotatable bonds is 21. The highest BCUT2D eigenvalue weighted by Crippen LogP contribution is 2.43. The van der Waals surface area contributed by atoms with Crippen molar-refractivity contribution in [1.29, 1.82) is 15.8 Å². The second-order valence-electron chi connectivity index (χ2n) is 25.3. The van der Waals surface area contributed by atoms with Crippen molar-refractivity contribution in [3.8, 4) is 52.6 Å².